The first-order valence-corrected chi connectivity index (χ1v) is 7.38. The van der Waals surface area contributed by atoms with Crippen molar-refractivity contribution in [3.63, 3.8) is 0 Å². The summed E-state index contributed by atoms with van der Waals surface area (Å²) >= 11 is 0. The molecular formula is C18H20N2O. The van der Waals surface area contributed by atoms with E-state index in [1.807, 2.05) is 19.1 Å². The van der Waals surface area contributed by atoms with E-state index in [-0.39, 0.29) is 5.91 Å². The van der Waals surface area contributed by atoms with E-state index < -0.39 is 0 Å². The number of nitrogens with one attached hydrogen (secondary N) is 1. The van der Waals surface area contributed by atoms with Crippen LogP contribution in [0.15, 0.2) is 42.5 Å². The molecule has 3 nitrogen and oxygen atoms in total. The van der Waals surface area contributed by atoms with Gasteiger partial charge in [-0.1, -0.05) is 30.3 Å². The summed E-state index contributed by atoms with van der Waals surface area (Å²) in [5.41, 5.74) is 10.8. The molecule has 0 fully saturated rings. The number of primary amides is 1. The minimum atomic E-state index is -0.370. The molecule has 0 bridgehead atoms. The highest BCUT2D eigenvalue weighted by molar-refractivity contribution is 5.95. The quantitative estimate of drug-likeness (QED) is 0.908. The van der Waals surface area contributed by atoms with Crippen LogP contribution in [0.1, 0.15) is 33.5 Å². The molecule has 0 aliphatic heterocycles. The van der Waals surface area contributed by atoms with Crippen molar-refractivity contribution < 1.29 is 4.79 Å². The zero-order valence-electron chi connectivity index (χ0n) is 12.2. The number of carbonyl (C=O) groups excluding carboxylic acids is 1. The number of fused-ring (bicyclic) bond motifs is 1. The molecular weight excluding hydrogens is 260 g/mol. The van der Waals surface area contributed by atoms with Crippen LogP contribution in [-0.2, 0) is 12.8 Å². The Morgan fingerprint density at radius 1 is 1.14 bits per heavy atom. The molecule has 0 heterocycles. The molecule has 3 N–H and O–H groups in total. The number of anilines is 1. The van der Waals surface area contributed by atoms with E-state index >= 15 is 0 Å². The monoisotopic (exact) mass is 280 g/mol. The molecule has 108 valence electrons. The molecule has 1 aliphatic rings. The van der Waals surface area contributed by atoms with Gasteiger partial charge in [-0.3, -0.25) is 4.79 Å². The summed E-state index contributed by atoms with van der Waals surface area (Å²) < 4.78 is 0. The molecule has 3 heteroatoms. The van der Waals surface area contributed by atoms with Crippen LogP contribution < -0.4 is 11.1 Å². The van der Waals surface area contributed by atoms with Crippen LogP contribution in [-0.4, -0.2) is 11.9 Å². The Labute approximate surface area is 125 Å². The first kappa shape index (κ1) is 13.7. The Balaban J connectivity index is 1.80. The number of hydrogen-bond acceptors (Lipinski definition) is 2. The van der Waals surface area contributed by atoms with Gasteiger partial charge >= 0.3 is 0 Å². The lowest BCUT2D eigenvalue weighted by atomic mass is 9.88. The van der Waals surface area contributed by atoms with E-state index in [4.69, 9.17) is 5.73 Å². The van der Waals surface area contributed by atoms with Gasteiger partial charge in [-0.2, -0.15) is 0 Å². The highest BCUT2D eigenvalue weighted by Gasteiger charge is 2.19. The SMILES string of the molecule is Cc1c(NC2CCc3ccccc3C2)cccc1C(N)=O. The number of benzene rings is 2. The molecule has 1 atom stereocenters. The average molecular weight is 280 g/mol. The Bertz CT molecular complexity index is 679. The maximum absolute atomic E-state index is 11.4. The topological polar surface area (TPSA) is 55.1 Å². The fraction of sp³-hybridized carbons (Fsp3) is 0.278. The average Bonchev–Trinajstić information content (AvgIpc) is 2.49. The normalized spacial score (nSPS) is 17.1. The fourth-order valence-corrected chi connectivity index (χ4v) is 3.10. The van der Waals surface area contributed by atoms with Crippen molar-refractivity contribution in [1.29, 1.82) is 0 Å². The molecule has 0 radical (unpaired) electrons. The predicted octanol–water partition coefficient (Wildman–Crippen LogP) is 3.06. The van der Waals surface area contributed by atoms with Gasteiger partial charge in [-0.15, -0.1) is 0 Å². The van der Waals surface area contributed by atoms with Crippen LogP contribution in [0.5, 0.6) is 0 Å². The molecule has 21 heavy (non-hydrogen) atoms. The van der Waals surface area contributed by atoms with Gasteiger partial charge in [0.1, 0.15) is 0 Å². The largest absolute Gasteiger partial charge is 0.382 e. The van der Waals surface area contributed by atoms with E-state index in [1.165, 1.54) is 11.1 Å². The second kappa shape index (κ2) is 5.60. The Kier molecular flexibility index (Phi) is 3.65. The third kappa shape index (κ3) is 2.77. The zero-order chi connectivity index (χ0) is 14.8. The first-order valence-electron chi connectivity index (χ1n) is 7.38. The minimum Gasteiger partial charge on any atom is -0.382 e. The zero-order valence-corrected chi connectivity index (χ0v) is 12.2. The molecule has 0 saturated heterocycles. The van der Waals surface area contributed by atoms with Crippen molar-refractivity contribution in [2.75, 3.05) is 5.32 Å². The summed E-state index contributed by atoms with van der Waals surface area (Å²) in [6, 6.07) is 14.7. The predicted molar refractivity (Wildman–Crippen MR) is 85.6 cm³/mol. The van der Waals surface area contributed by atoms with E-state index in [0.29, 0.717) is 11.6 Å². The molecule has 0 aromatic heterocycles. The summed E-state index contributed by atoms with van der Waals surface area (Å²) in [5, 5.41) is 3.58. The van der Waals surface area contributed by atoms with Gasteiger partial charge < -0.3 is 11.1 Å². The molecule has 1 aliphatic carbocycles. The standard InChI is InChI=1S/C18H20N2O/c1-12-16(18(19)21)7-4-8-17(12)20-15-10-9-13-5-2-3-6-14(13)11-15/h2-8,15,20H,9-11H2,1H3,(H2,19,21). The van der Waals surface area contributed by atoms with Crippen molar-refractivity contribution >= 4 is 11.6 Å². The van der Waals surface area contributed by atoms with Gasteiger partial charge in [0.05, 0.1) is 0 Å². The number of hydrogen-bond donors (Lipinski definition) is 2. The summed E-state index contributed by atoms with van der Waals surface area (Å²) in [6.07, 6.45) is 3.23. The van der Waals surface area contributed by atoms with Crippen molar-refractivity contribution in [2.24, 2.45) is 5.73 Å². The second-order valence-electron chi connectivity index (χ2n) is 5.70. The molecule has 1 unspecified atom stereocenters. The van der Waals surface area contributed by atoms with Gasteiger partial charge in [0, 0.05) is 17.3 Å². The van der Waals surface area contributed by atoms with E-state index in [9.17, 15) is 4.79 Å². The third-order valence-corrected chi connectivity index (χ3v) is 4.31. The number of amides is 1. The first-order chi connectivity index (χ1) is 10.1. The smallest absolute Gasteiger partial charge is 0.249 e. The van der Waals surface area contributed by atoms with Gasteiger partial charge in [0.15, 0.2) is 0 Å². The minimum absolute atomic E-state index is 0.370. The van der Waals surface area contributed by atoms with E-state index in [2.05, 4.69) is 29.6 Å². The van der Waals surface area contributed by atoms with Gasteiger partial charge in [-0.05, 0) is 55.0 Å². The molecule has 0 saturated carbocycles. The fourth-order valence-electron chi connectivity index (χ4n) is 3.10. The maximum atomic E-state index is 11.4. The number of carbonyl (C=O) groups is 1. The van der Waals surface area contributed by atoms with Crippen LogP contribution in [0.4, 0.5) is 5.69 Å². The highest BCUT2D eigenvalue weighted by atomic mass is 16.1. The lowest BCUT2D eigenvalue weighted by Crippen LogP contribution is -2.28. The highest BCUT2D eigenvalue weighted by Crippen LogP contribution is 2.26. The summed E-state index contributed by atoms with van der Waals surface area (Å²) in [4.78, 5) is 11.4. The summed E-state index contributed by atoms with van der Waals surface area (Å²) in [5.74, 6) is -0.370. The molecule has 2 aromatic rings. The maximum Gasteiger partial charge on any atom is 0.249 e. The lowest BCUT2D eigenvalue weighted by Gasteiger charge is -2.27. The van der Waals surface area contributed by atoms with Crippen LogP contribution in [0.25, 0.3) is 0 Å². The van der Waals surface area contributed by atoms with Crippen LogP contribution in [0, 0.1) is 6.92 Å². The Morgan fingerprint density at radius 2 is 1.90 bits per heavy atom. The lowest BCUT2D eigenvalue weighted by molar-refractivity contribution is 0.1000. The van der Waals surface area contributed by atoms with Crippen LogP contribution in [0.3, 0.4) is 0 Å². The Morgan fingerprint density at radius 3 is 2.67 bits per heavy atom. The number of rotatable bonds is 3. The Hall–Kier alpha value is -2.29. The van der Waals surface area contributed by atoms with Crippen molar-refractivity contribution in [2.45, 2.75) is 32.2 Å². The number of aryl methyl sites for hydroxylation is 1. The van der Waals surface area contributed by atoms with Crippen molar-refractivity contribution in [3.8, 4) is 0 Å². The van der Waals surface area contributed by atoms with Gasteiger partial charge in [-0.25, -0.2) is 0 Å². The molecule has 1 amide bonds. The van der Waals surface area contributed by atoms with Crippen LogP contribution >= 0.6 is 0 Å². The van der Waals surface area contributed by atoms with Crippen molar-refractivity contribution in [3.05, 3.63) is 64.7 Å². The van der Waals surface area contributed by atoms with Gasteiger partial charge in [0.25, 0.3) is 0 Å². The molecule has 2 aromatic carbocycles. The summed E-state index contributed by atoms with van der Waals surface area (Å²) in [6.45, 7) is 1.94. The second-order valence-corrected chi connectivity index (χ2v) is 5.70. The van der Waals surface area contributed by atoms with E-state index in [0.717, 1.165) is 30.5 Å². The molecule has 0 spiro atoms. The summed E-state index contributed by atoms with van der Waals surface area (Å²) in [7, 11) is 0. The van der Waals surface area contributed by atoms with E-state index in [1.54, 1.807) is 6.07 Å². The number of nitrogens with two attached hydrogens (primary N) is 1. The third-order valence-electron chi connectivity index (χ3n) is 4.31. The van der Waals surface area contributed by atoms with Gasteiger partial charge in [0.2, 0.25) is 5.91 Å². The molecule has 3 rings (SSSR count). The van der Waals surface area contributed by atoms with Crippen LogP contribution in [0.2, 0.25) is 0 Å². The van der Waals surface area contributed by atoms with Crippen molar-refractivity contribution in [1.82, 2.24) is 0 Å².